The van der Waals surface area contributed by atoms with Crippen molar-refractivity contribution in [3.05, 3.63) is 47.7 Å². The molecule has 0 saturated carbocycles. The molecule has 0 fully saturated rings. The van der Waals surface area contributed by atoms with Crippen molar-refractivity contribution in [3.8, 4) is 0 Å². The molecule has 0 radical (unpaired) electrons. The SMILES string of the molecule is CCCCN(CC)c1cc(C)nc2c1N(Cc1ccccc1)C(=O)CN2. The number of anilines is 3. The number of pyridine rings is 1. The van der Waals surface area contributed by atoms with Crippen molar-refractivity contribution in [2.75, 3.05) is 34.8 Å². The lowest BCUT2D eigenvalue weighted by Crippen LogP contribution is -2.41. The molecular weight excluding hydrogens is 324 g/mol. The van der Waals surface area contributed by atoms with Crippen molar-refractivity contribution in [3.63, 3.8) is 0 Å². The number of carbonyl (C=O) groups excluding carboxylic acids is 1. The largest absolute Gasteiger partial charge is 0.370 e. The van der Waals surface area contributed by atoms with Gasteiger partial charge < -0.3 is 15.1 Å². The minimum Gasteiger partial charge on any atom is -0.370 e. The number of rotatable bonds is 7. The fourth-order valence-electron chi connectivity index (χ4n) is 3.39. The molecule has 1 aliphatic rings. The topological polar surface area (TPSA) is 48.5 Å². The van der Waals surface area contributed by atoms with Gasteiger partial charge in [-0.3, -0.25) is 4.79 Å². The zero-order valence-electron chi connectivity index (χ0n) is 16.0. The van der Waals surface area contributed by atoms with Gasteiger partial charge >= 0.3 is 0 Å². The van der Waals surface area contributed by atoms with Crippen LogP contribution >= 0.6 is 0 Å². The van der Waals surface area contributed by atoms with E-state index in [0.29, 0.717) is 6.54 Å². The first-order valence-electron chi connectivity index (χ1n) is 9.48. The Morgan fingerprint density at radius 3 is 2.69 bits per heavy atom. The molecule has 2 aromatic rings. The second-order valence-electron chi connectivity index (χ2n) is 6.73. The molecule has 1 aromatic carbocycles. The first kappa shape index (κ1) is 18.2. The number of hydrogen-bond acceptors (Lipinski definition) is 4. The van der Waals surface area contributed by atoms with Gasteiger partial charge in [0, 0.05) is 18.8 Å². The molecule has 1 amide bonds. The van der Waals surface area contributed by atoms with Crippen LogP contribution in [-0.2, 0) is 11.3 Å². The molecule has 1 aromatic heterocycles. The number of nitrogens with one attached hydrogen (secondary N) is 1. The summed E-state index contributed by atoms with van der Waals surface area (Å²) in [5.41, 5.74) is 4.10. The van der Waals surface area contributed by atoms with Crippen LogP contribution in [0.3, 0.4) is 0 Å². The molecule has 5 nitrogen and oxygen atoms in total. The Morgan fingerprint density at radius 2 is 2.00 bits per heavy atom. The van der Waals surface area contributed by atoms with Crippen LogP contribution in [-0.4, -0.2) is 30.5 Å². The molecule has 0 unspecified atom stereocenters. The Hall–Kier alpha value is -2.56. The van der Waals surface area contributed by atoms with E-state index in [1.807, 2.05) is 30.0 Å². The molecule has 1 N–H and O–H groups in total. The van der Waals surface area contributed by atoms with Crippen molar-refractivity contribution in [2.24, 2.45) is 0 Å². The number of unbranched alkanes of at least 4 members (excludes halogenated alkanes) is 1. The number of nitrogens with zero attached hydrogens (tertiary/aromatic N) is 3. The highest BCUT2D eigenvalue weighted by Gasteiger charge is 2.29. The van der Waals surface area contributed by atoms with Crippen LogP contribution in [0.5, 0.6) is 0 Å². The number of carbonyl (C=O) groups is 1. The Morgan fingerprint density at radius 1 is 1.23 bits per heavy atom. The van der Waals surface area contributed by atoms with Crippen LogP contribution in [0.4, 0.5) is 17.2 Å². The average Bonchev–Trinajstić information content (AvgIpc) is 2.65. The summed E-state index contributed by atoms with van der Waals surface area (Å²) < 4.78 is 0. The zero-order chi connectivity index (χ0) is 18.5. The quantitative estimate of drug-likeness (QED) is 0.819. The van der Waals surface area contributed by atoms with E-state index in [4.69, 9.17) is 0 Å². The molecule has 0 atom stereocenters. The molecule has 3 rings (SSSR count). The summed E-state index contributed by atoms with van der Waals surface area (Å²) in [5, 5.41) is 3.22. The van der Waals surface area contributed by atoms with Gasteiger partial charge in [-0.05, 0) is 31.9 Å². The van der Waals surface area contributed by atoms with Gasteiger partial charge in [0.15, 0.2) is 5.82 Å². The molecular formula is C21H28N4O. The predicted molar refractivity (Wildman–Crippen MR) is 108 cm³/mol. The number of amides is 1. The minimum absolute atomic E-state index is 0.0831. The van der Waals surface area contributed by atoms with Crippen LogP contribution < -0.4 is 15.1 Å². The van der Waals surface area contributed by atoms with Gasteiger partial charge in [0.1, 0.15) is 5.69 Å². The van der Waals surface area contributed by atoms with Gasteiger partial charge in [0.25, 0.3) is 0 Å². The van der Waals surface area contributed by atoms with Crippen LogP contribution in [0.15, 0.2) is 36.4 Å². The standard InChI is InChI=1S/C21H28N4O/c1-4-6-12-24(5-2)18-13-16(3)23-21-20(18)25(19(26)14-22-21)15-17-10-8-7-9-11-17/h7-11,13H,4-6,12,14-15H2,1-3H3,(H,22,23). The summed E-state index contributed by atoms with van der Waals surface area (Å²) in [6, 6.07) is 12.2. The minimum atomic E-state index is 0.0831. The maximum atomic E-state index is 12.7. The van der Waals surface area contributed by atoms with Crippen molar-refractivity contribution in [1.82, 2.24) is 4.98 Å². The van der Waals surface area contributed by atoms with E-state index in [2.05, 4.69) is 47.2 Å². The summed E-state index contributed by atoms with van der Waals surface area (Å²) >= 11 is 0. The Bertz CT molecular complexity index is 760. The number of aromatic nitrogens is 1. The smallest absolute Gasteiger partial charge is 0.246 e. The van der Waals surface area contributed by atoms with Crippen LogP contribution in [0, 0.1) is 6.92 Å². The van der Waals surface area contributed by atoms with Gasteiger partial charge in [-0.25, -0.2) is 4.98 Å². The molecule has 5 heteroatoms. The third-order valence-electron chi connectivity index (χ3n) is 4.77. The van der Waals surface area contributed by atoms with E-state index < -0.39 is 0 Å². The monoisotopic (exact) mass is 352 g/mol. The summed E-state index contributed by atoms with van der Waals surface area (Å²) in [6.07, 6.45) is 2.28. The van der Waals surface area contributed by atoms with Gasteiger partial charge in [-0.15, -0.1) is 0 Å². The third-order valence-corrected chi connectivity index (χ3v) is 4.77. The van der Waals surface area contributed by atoms with E-state index in [9.17, 15) is 4.79 Å². The molecule has 0 spiro atoms. The second-order valence-corrected chi connectivity index (χ2v) is 6.73. The summed E-state index contributed by atoms with van der Waals surface area (Å²) in [6.45, 7) is 9.12. The fraction of sp³-hybridized carbons (Fsp3) is 0.429. The summed E-state index contributed by atoms with van der Waals surface area (Å²) in [4.78, 5) is 21.6. The lowest BCUT2D eigenvalue weighted by molar-refractivity contribution is -0.117. The fourth-order valence-corrected chi connectivity index (χ4v) is 3.39. The Labute approximate surface area is 156 Å². The highest BCUT2D eigenvalue weighted by Crippen LogP contribution is 2.39. The molecule has 2 heterocycles. The molecule has 0 saturated heterocycles. The normalized spacial score (nSPS) is 13.3. The summed E-state index contributed by atoms with van der Waals surface area (Å²) in [7, 11) is 0. The van der Waals surface area contributed by atoms with Crippen molar-refractivity contribution in [1.29, 1.82) is 0 Å². The second kappa shape index (κ2) is 8.21. The molecule has 0 aliphatic carbocycles. The maximum Gasteiger partial charge on any atom is 0.246 e. The zero-order valence-corrected chi connectivity index (χ0v) is 16.0. The van der Waals surface area contributed by atoms with Crippen LogP contribution in [0.1, 0.15) is 37.9 Å². The molecule has 138 valence electrons. The number of aryl methyl sites for hydroxylation is 1. The first-order valence-corrected chi connectivity index (χ1v) is 9.48. The number of fused-ring (bicyclic) bond motifs is 1. The predicted octanol–water partition coefficient (Wildman–Crippen LogP) is 3.98. The van der Waals surface area contributed by atoms with E-state index >= 15 is 0 Å². The van der Waals surface area contributed by atoms with Crippen molar-refractivity contribution < 1.29 is 4.79 Å². The van der Waals surface area contributed by atoms with Crippen LogP contribution in [0.25, 0.3) is 0 Å². The lowest BCUT2D eigenvalue weighted by Gasteiger charge is -2.35. The summed E-state index contributed by atoms with van der Waals surface area (Å²) in [5.74, 6) is 0.894. The van der Waals surface area contributed by atoms with E-state index in [-0.39, 0.29) is 12.5 Å². The van der Waals surface area contributed by atoms with Gasteiger partial charge in [0.05, 0.1) is 18.8 Å². The van der Waals surface area contributed by atoms with Crippen molar-refractivity contribution in [2.45, 2.75) is 40.2 Å². The first-order chi connectivity index (χ1) is 12.6. The van der Waals surface area contributed by atoms with Gasteiger partial charge in [-0.2, -0.15) is 0 Å². The highest BCUT2D eigenvalue weighted by atomic mass is 16.2. The highest BCUT2D eigenvalue weighted by molar-refractivity contribution is 6.05. The molecule has 26 heavy (non-hydrogen) atoms. The number of hydrogen-bond donors (Lipinski definition) is 1. The van der Waals surface area contributed by atoms with Crippen LogP contribution in [0.2, 0.25) is 0 Å². The third kappa shape index (κ3) is 3.82. The van der Waals surface area contributed by atoms with Gasteiger partial charge in [0.2, 0.25) is 5.91 Å². The maximum absolute atomic E-state index is 12.7. The Kier molecular flexibility index (Phi) is 5.76. The lowest BCUT2D eigenvalue weighted by atomic mass is 10.1. The van der Waals surface area contributed by atoms with E-state index in [1.54, 1.807) is 0 Å². The van der Waals surface area contributed by atoms with Gasteiger partial charge in [-0.1, -0.05) is 43.7 Å². The Balaban J connectivity index is 2.04. The van der Waals surface area contributed by atoms with E-state index in [0.717, 1.165) is 54.4 Å². The average molecular weight is 352 g/mol. The molecule has 0 bridgehead atoms. The van der Waals surface area contributed by atoms with E-state index in [1.165, 1.54) is 0 Å². The molecule has 1 aliphatic heterocycles. The van der Waals surface area contributed by atoms with Crippen molar-refractivity contribution >= 4 is 23.1 Å². The number of benzene rings is 1.